The van der Waals surface area contributed by atoms with Gasteiger partial charge >= 0.3 is 0 Å². The van der Waals surface area contributed by atoms with Gasteiger partial charge in [-0.25, -0.2) is 4.98 Å². The van der Waals surface area contributed by atoms with Gasteiger partial charge in [0, 0.05) is 18.4 Å². The third-order valence-corrected chi connectivity index (χ3v) is 3.60. The Morgan fingerprint density at radius 2 is 1.68 bits per heavy atom. The number of nitrogens with one attached hydrogen (secondary N) is 2. The second kappa shape index (κ2) is 5.57. The van der Waals surface area contributed by atoms with Crippen LogP contribution in [0.4, 0.5) is 0 Å². The van der Waals surface area contributed by atoms with Crippen molar-refractivity contribution in [2.24, 2.45) is 0 Å². The summed E-state index contributed by atoms with van der Waals surface area (Å²) in [6.45, 7) is 10.9. The highest BCUT2D eigenvalue weighted by molar-refractivity contribution is 5.39. The van der Waals surface area contributed by atoms with E-state index in [0.717, 1.165) is 5.82 Å². The molecule has 102 valence electrons. The van der Waals surface area contributed by atoms with Crippen LogP contribution in [0.15, 0.2) is 24.5 Å². The molecule has 0 saturated carbocycles. The molecule has 1 heterocycles. The Bertz CT molecular complexity index is 520. The van der Waals surface area contributed by atoms with Crippen LogP contribution in [0.5, 0.6) is 0 Å². The van der Waals surface area contributed by atoms with E-state index in [2.05, 4.69) is 62.0 Å². The zero-order chi connectivity index (χ0) is 14.0. The molecule has 1 aromatic heterocycles. The molecule has 0 spiro atoms. The lowest BCUT2D eigenvalue weighted by molar-refractivity contribution is 0.476. The molecule has 3 heteroatoms. The van der Waals surface area contributed by atoms with E-state index in [0.29, 0.717) is 6.04 Å². The Kier molecular flexibility index (Phi) is 4.05. The van der Waals surface area contributed by atoms with Crippen LogP contribution in [0.1, 0.15) is 54.0 Å². The maximum Gasteiger partial charge on any atom is 0.122 e. The van der Waals surface area contributed by atoms with Crippen LogP contribution in [0, 0.1) is 20.8 Å². The fourth-order valence-electron chi connectivity index (χ4n) is 2.93. The quantitative estimate of drug-likeness (QED) is 0.876. The summed E-state index contributed by atoms with van der Waals surface area (Å²) in [5.74, 6) is 0.981. The number of aryl methyl sites for hydroxylation is 3. The molecule has 2 rings (SSSR count). The molecule has 2 unspecified atom stereocenters. The van der Waals surface area contributed by atoms with Crippen molar-refractivity contribution in [3.8, 4) is 0 Å². The number of rotatable bonds is 4. The number of H-pyrrole nitrogens is 1. The minimum atomic E-state index is 0.213. The van der Waals surface area contributed by atoms with Gasteiger partial charge in [-0.15, -0.1) is 0 Å². The number of aromatic amines is 1. The number of aromatic nitrogens is 2. The van der Waals surface area contributed by atoms with Gasteiger partial charge in [-0.3, -0.25) is 0 Å². The summed E-state index contributed by atoms with van der Waals surface area (Å²) in [5, 5.41) is 3.61. The third kappa shape index (κ3) is 3.04. The average Bonchev–Trinajstić information content (AvgIpc) is 2.80. The smallest absolute Gasteiger partial charge is 0.122 e. The third-order valence-electron chi connectivity index (χ3n) is 3.60. The summed E-state index contributed by atoms with van der Waals surface area (Å²) in [4.78, 5) is 7.46. The molecule has 1 aromatic carbocycles. The minimum absolute atomic E-state index is 0.213. The van der Waals surface area contributed by atoms with Crippen molar-refractivity contribution in [1.82, 2.24) is 15.3 Å². The molecule has 2 N–H and O–H groups in total. The Morgan fingerprint density at radius 3 is 2.21 bits per heavy atom. The molecule has 0 aliphatic heterocycles. The van der Waals surface area contributed by atoms with Crippen molar-refractivity contribution in [1.29, 1.82) is 0 Å². The van der Waals surface area contributed by atoms with Crippen molar-refractivity contribution in [3.05, 3.63) is 52.6 Å². The van der Waals surface area contributed by atoms with E-state index >= 15 is 0 Å². The van der Waals surface area contributed by atoms with Gasteiger partial charge in [0.15, 0.2) is 0 Å². The predicted molar refractivity (Wildman–Crippen MR) is 79.2 cm³/mol. The van der Waals surface area contributed by atoms with Crippen molar-refractivity contribution in [2.45, 2.75) is 46.7 Å². The Balaban J connectivity index is 2.18. The Morgan fingerprint density at radius 1 is 1.05 bits per heavy atom. The fraction of sp³-hybridized carbons (Fsp3) is 0.438. The Labute approximate surface area is 115 Å². The molecule has 0 saturated heterocycles. The zero-order valence-corrected chi connectivity index (χ0v) is 12.4. The van der Waals surface area contributed by atoms with Crippen molar-refractivity contribution < 1.29 is 0 Å². The molecule has 3 nitrogen and oxygen atoms in total. The van der Waals surface area contributed by atoms with Gasteiger partial charge in [-0.05, 0) is 51.3 Å². The van der Waals surface area contributed by atoms with Gasteiger partial charge in [-0.1, -0.05) is 17.7 Å². The van der Waals surface area contributed by atoms with Gasteiger partial charge < -0.3 is 10.3 Å². The van der Waals surface area contributed by atoms with E-state index in [1.807, 2.05) is 6.20 Å². The summed E-state index contributed by atoms with van der Waals surface area (Å²) in [7, 11) is 0. The molecular formula is C16H23N3. The lowest BCUT2D eigenvalue weighted by atomic mass is 9.94. The largest absolute Gasteiger partial charge is 0.347 e. The number of nitrogens with zero attached hydrogens (tertiary/aromatic N) is 1. The summed E-state index contributed by atoms with van der Waals surface area (Å²) in [6.07, 6.45) is 3.65. The molecular weight excluding hydrogens is 234 g/mol. The molecule has 0 amide bonds. The standard InChI is InChI=1S/C16H23N3/c1-10-8-11(2)15(12(3)9-10)13(4)19-14(5)16-17-6-7-18-16/h6-9,13-14,19H,1-5H3,(H,17,18). The van der Waals surface area contributed by atoms with Crippen LogP contribution in [-0.2, 0) is 0 Å². The van der Waals surface area contributed by atoms with Gasteiger partial charge in [0.2, 0.25) is 0 Å². The molecule has 0 bridgehead atoms. The fourth-order valence-corrected chi connectivity index (χ4v) is 2.93. The zero-order valence-electron chi connectivity index (χ0n) is 12.4. The topological polar surface area (TPSA) is 40.7 Å². The number of benzene rings is 1. The van der Waals surface area contributed by atoms with E-state index in [4.69, 9.17) is 0 Å². The van der Waals surface area contributed by atoms with E-state index in [1.165, 1.54) is 22.3 Å². The highest BCUT2D eigenvalue weighted by Crippen LogP contribution is 2.25. The first kappa shape index (κ1) is 13.8. The van der Waals surface area contributed by atoms with Crippen LogP contribution in [0.2, 0.25) is 0 Å². The van der Waals surface area contributed by atoms with E-state index in [1.54, 1.807) is 6.20 Å². The monoisotopic (exact) mass is 257 g/mol. The second-order valence-electron chi connectivity index (χ2n) is 5.40. The highest BCUT2D eigenvalue weighted by Gasteiger charge is 2.16. The summed E-state index contributed by atoms with van der Waals surface area (Å²) < 4.78 is 0. The average molecular weight is 257 g/mol. The summed E-state index contributed by atoms with van der Waals surface area (Å²) in [6, 6.07) is 5.02. The minimum Gasteiger partial charge on any atom is -0.347 e. The first-order valence-corrected chi connectivity index (χ1v) is 6.82. The van der Waals surface area contributed by atoms with Crippen LogP contribution >= 0.6 is 0 Å². The highest BCUT2D eigenvalue weighted by atomic mass is 15.0. The predicted octanol–water partition coefficient (Wildman–Crippen LogP) is 3.75. The van der Waals surface area contributed by atoms with Crippen molar-refractivity contribution >= 4 is 0 Å². The molecule has 2 atom stereocenters. The van der Waals surface area contributed by atoms with Gasteiger partial charge in [0.25, 0.3) is 0 Å². The molecule has 0 radical (unpaired) electrons. The summed E-state index contributed by atoms with van der Waals surface area (Å²) >= 11 is 0. The first-order valence-electron chi connectivity index (χ1n) is 6.82. The SMILES string of the molecule is Cc1cc(C)c(C(C)NC(C)c2ncc[nH]2)c(C)c1. The van der Waals surface area contributed by atoms with E-state index in [9.17, 15) is 0 Å². The maximum absolute atomic E-state index is 4.30. The number of hydrogen-bond donors (Lipinski definition) is 2. The lowest BCUT2D eigenvalue weighted by Crippen LogP contribution is -2.24. The Hall–Kier alpha value is -1.61. The van der Waals surface area contributed by atoms with Crippen LogP contribution in [0.25, 0.3) is 0 Å². The number of hydrogen-bond acceptors (Lipinski definition) is 2. The van der Waals surface area contributed by atoms with E-state index < -0.39 is 0 Å². The van der Waals surface area contributed by atoms with Crippen LogP contribution < -0.4 is 5.32 Å². The summed E-state index contributed by atoms with van der Waals surface area (Å²) in [5.41, 5.74) is 5.42. The van der Waals surface area contributed by atoms with Crippen LogP contribution in [0.3, 0.4) is 0 Å². The maximum atomic E-state index is 4.30. The van der Waals surface area contributed by atoms with E-state index in [-0.39, 0.29) is 6.04 Å². The molecule has 0 aliphatic carbocycles. The second-order valence-corrected chi connectivity index (χ2v) is 5.40. The number of imidazole rings is 1. The normalized spacial score (nSPS) is 14.4. The van der Waals surface area contributed by atoms with Gasteiger partial charge in [-0.2, -0.15) is 0 Å². The molecule has 0 fully saturated rings. The molecule has 2 aromatic rings. The first-order chi connectivity index (χ1) is 8.99. The van der Waals surface area contributed by atoms with Gasteiger partial charge in [0.1, 0.15) is 5.82 Å². The van der Waals surface area contributed by atoms with Crippen LogP contribution in [-0.4, -0.2) is 9.97 Å². The van der Waals surface area contributed by atoms with Gasteiger partial charge in [0.05, 0.1) is 6.04 Å². The van der Waals surface area contributed by atoms with Crippen molar-refractivity contribution in [3.63, 3.8) is 0 Å². The molecule has 19 heavy (non-hydrogen) atoms. The lowest BCUT2D eigenvalue weighted by Gasteiger charge is -2.23. The molecule has 0 aliphatic rings. The van der Waals surface area contributed by atoms with Crippen molar-refractivity contribution in [2.75, 3.05) is 0 Å².